The minimum absolute atomic E-state index is 0.371. The standard InChI is InChI=1S/C11H20N2O2/c1-4-9-6-10(13(5-2)12-9)7-11(14)8-15-3/h6,11,14H,4-5,7-8H2,1-3H3. The number of methoxy groups -OCH3 is 1. The zero-order chi connectivity index (χ0) is 11.3. The lowest BCUT2D eigenvalue weighted by Crippen LogP contribution is -2.19. The van der Waals surface area contributed by atoms with Crippen LogP contribution in [0, 0.1) is 0 Å². The number of aromatic nitrogens is 2. The van der Waals surface area contributed by atoms with Crippen LogP contribution in [-0.4, -0.2) is 34.7 Å². The molecule has 0 radical (unpaired) electrons. The molecule has 1 rings (SSSR count). The first-order valence-electron chi connectivity index (χ1n) is 5.43. The van der Waals surface area contributed by atoms with Gasteiger partial charge in [-0.2, -0.15) is 5.10 Å². The molecule has 0 aromatic carbocycles. The van der Waals surface area contributed by atoms with E-state index in [1.807, 2.05) is 4.68 Å². The van der Waals surface area contributed by atoms with Crippen LogP contribution in [0.3, 0.4) is 0 Å². The maximum Gasteiger partial charge on any atom is 0.0828 e. The Kier molecular flexibility index (Phi) is 4.78. The molecule has 0 amide bonds. The van der Waals surface area contributed by atoms with Gasteiger partial charge in [-0.05, 0) is 19.4 Å². The van der Waals surface area contributed by atoms with Crippen molar-refractivity contribution in [3.8, 4) is 0 Å². The second-order valence-corrected chi connectivity index (χ2v) is 3.61. The number of hydrogen-bond acceptors (Lipinski definition) is 3. The van der Waals surface area contributed by atoms with E-state index in [4.69, 9.17) is 4.74 Å². The molecule has 0 aliphatic carbocycles. The van der Waals surface area contributed by atoms with E-state index < -0.39 is 6.10 Å². The van der Waals surface area contributed by atoms with E-state index in [0.717, 1.165) is 24.4 Å². The van der Waals surface area contributed by atoms with Gasteiger partial charge >= 0.3 is 0 Å². The summed E-state index contributed by atoms with van der Waals surface area (Å²) >= 11 is 0. The number of aliphatic hydroxyl groups is 1. The third kappa shape index (κ3) is 3.32. The number of aliphatic hydroxyl groups excluding tert-OH is 1. The van der Waals surface area contributed by atoms with Crippen LogP contribution in [0.4, 0.5) is 0 Å². The average Bonchev–Trinajstić information content (AvgIpc) is 2.60. The van der Waals surface area contributed by atoms with E-state index in [1.54, 1.807) is 7.11 Å². The molecular formula is C11H20N2O2. The molecule has 0 aliphatic heterocycles. The Bertz CT molecular complexity index is 297. The van der Waals surface area contributed by atoms with Gasteiger partial charge in [0.2, 0.25) is 0 Å². The summed E-state index contributed by atoms with van der Waals surface area (Å²) in [5.74, 6) is 0. The van der Waals surface area contributed by atoms with Gasteiger partial charge in [0, 0.05) is 25.8 Å². The lowest BCUT2D eigenvalue weighted by molar-refractivity contribution is 0.0637. The van der Waals surface area contributed by atoms with Gasteiger partial charge in [0.25, 0.3) is 0 Å². The summed E-state index contributed by atoms with van der Waals surface area (Å²) in [7, 11) is 1.60. The molecule has 1 unspecified atom stereocenters. The Hall–Kier alpha value is -0.870. The second kappa shape index (κ2) is 5.88. The van der Waals surface area contributed by atoms with Crippen molar-refractivity contribution in [3.63, 3.8) is 0 Å². The van der Waals surface area contributed by atoms with Crippen LogP contribution in [0.1, 0.15) is 25.2 Å². The molecular weight excluding hydrogens is 192 g/mol. The molecule has 86 valence electrons. The largest absolute Gasteiger partial charge is 0.390 e. The summed E-state index contributed by atoms with van der Waals surface area (Å²) in [6.07, 6.45) is 1.09. The highest BCUT2D eigenvalue weighted by atomic mass is 16.5. The predicted octanol–water partition coefficient (Wildman–Crippen LogP) is 1.02. The molecule has 15 heavy (non-hydrogen) atoms. The van der Waals surface area contributed by atoms with Crippen LogP contribution in [0.25, 0.3) is 0 Å². The zero-order valence-corrected chi connectivity index (χ0v) is 9.73. The minimum atomic E-state index is -0.443. The maximum absolute atomic E-state index is 9.64. The summed E-state index contributed by atoms with van der Waals surface area (Å²) in [5, 5.41) is 14.1. The molecule has 1 heterocycles. The van der Waals surface area contributed by atoms with Crippen molar-refractivity contribution in [3.05, 3.63) is 17.5 Å². The smallest absolute Gasteiger partial charge is 0.0828 e. The lowest BCUT2D eigenvalue weighted by atomic mass is 10.2. The zero-order valence-electron chi connectivity index (χ0n) is 9.73. The maximum atomic E-state index is 9.64. The van der Waals surface area contributed by atoms with E-state index in [9.17, 15) is 5.11 Å². The van der Waals surface area contributed by atoms with Gasteiger partial charge in [0.05, 0.1) is 18.4 Å². The number of ether oxygens (including phenoxy) is 1. The van der Waals surface area contributed by atoms with Gasteiger partial charge in [0.15, 0.2) is 0 Å². The van der Waals surface area contributed by atoms with E-state index >= 15 is 0 Å². The predicted molar refractivity (Wildman–Crippen MR) is 58.9 cm³/mol. The van der Waals surface area contributed by atoms with Gasteiger partial charge in [-0.15, -0.1) is 0 Å². The normalized spacial score (nSPS) is 13.1. The third-order valence-corrected chi connectivity index (χ3v) is 2.38. The highest BCUT2D eigenvalue weighted by Gasteiger charge is 2.10. The molecule has 0 saturated heterocycles. The van der Waals surface area contributed by atoms with Crippen LogP contribution in [0.2, 0.25) is 0 Å². The Morgan fingerprint density at radius 1 is 1.53 bits per heavy atom. The van der Waals surface area contributed by atoms with Gasteiger partial charge in [0.1, 0.15) is 0 Å². The van der Waals surface area contributed by atoms with Crippen molar-refractivity contribution in [2.45, 2.75) is 39.3 Å². The minimum Gasteiger partial charge on any atom is -0.390 e. The topological polar surface area (TPSA) is 47.3 Å². The fourth-order valence-electron chi connectivity index (χ4n) is 1.62. The first-order chi connectivity index (χ1) is 7.21. The second-order valence-electron chi connectivity index (χ2n) is 3.61. The Morgan fingerprint density at radius 3 is 2.80 bits per heavy atom. The fraction of sp³-hybridized carbons (Fsp3) is 0.727. The van der Waals surface area contributed by atoms with Gasteiger partial charge in [-0.1, -0.05) is 6.92 Å². The van der Waals surface area contributed by atoms with Crippen LogP contribution in [0.15, 0.2) is 6.07 Å². The summed E-state index contributed by atoms with van der Waals surface area (Å²) in [6, 6.07) is 2.06. The van der Waals surface area contributed by atoms with Gasteiger partial charge in [-0.25, -0.2) is 0 Å². The molecule has 0 saturated carbocycles. The molecule has 1 aromatic rings. The van der Waals surface area contributed by atoms with Crippen molar-refractivity contribution in [1.82, 2.24) is 9.78 Å². The van der Waals surface area contributed by atoms with E-state index in [2.05, 4.69) is 25.0 Å². The molecule has 0 fully saturated rings. The van der Waals surface area contributed by atoms with Gasteiger partial charge in [-0.3, -0.25) is 4.68 Å². The number of aryl methyl sites for hydroxylation is 2. The monoisotopic (exact) mass is 212 g/mol. The molecule has 1 N–H and O–H groups in total. The highest BCUT2D eigenvalue weighted by Crippen LogP contribution is 2.08. The first kappa shape index (κ1) is 12.2. The van der Waals surface area contributed by atoms with Crippen molar-refractivity contribution in [1.29, 1.82) is 0 Å². The Labute approximate surface area is 90.9 Å². The van der Waals surface area contributed by atoms with E-state index in [0.29, 0.717) is 13.0 Å². The van der Waals surface area contributed by atoms with Crippen molar-refractivity contribution >= 4 is 0 Å². The van der Waals surface area contributed by atoms with E-state index in [1.165, 1.54) is 0 Å². The van der Waals surface area contributed by atoms with Crippen LogP contribution >= 0.6 is 0 Å². The van der Waals surface area contributed by atoms with Crippen LogP contribution in [0.5, 0.6) is 0 Å². The number of nitrogens with zero attached hydrogens (tertiary/aromatic N) is 2. The summed E-state index contributed by atoms with van der Waals surface area (Å²) < 4.78 is 6.84. The first-order valence-corrected chi connectivity index (χ1v) is 5.43. The highest BCUT2D eigenvalue weighted by molar-refractivity contribution is 5.11. The molecule has 0 spiro atoms. The average molecular weight is 212 g/mol. The summed E-state index contributed by atoms with van der Waals surface area (Å²) in [6.45, 7) is 5.35. The summed E-state index contributed by atoms with van der Waals surface area (Å²) in [5.41, 5.74) is 2.16. The Morgan fingerprint density at radius 2 is 2.27 bits per heavy atom. The molecule has 1 atom stereocenters. The van der Waals surface area contributed by atoms with Gasteiger partial charge < -0.3 is 9.84 Å². The van der Waals surface area contributed by atoms with Crippen molar-refractivity contribution < 1.29 is 9.84 Å². The number of rotatable bonds is 6. The molecule has 0 bridgehead atoms. The van der Waals surface area contributed by atoms with E-state index in [-0.39, 0.29) is 0 Å². The molecule has 0 aliphatic rings. The fourth-order valence-corrected chi connectivity index (χ4v) is 1.62. The van der Waals surface area contributed by atoms with Crippen LogP contribution in [-0.2, 0) is 24.1 Å². The molecule has 1 aromatic heterocycles. The quantitative estimate of drug-likeness (QED) is 0.765. The van der Waals surface area contributed by atoms with Crippen molar-refractivity contribution in [2.75, 3.05) is 13.7 Å². The van der Waals surface area contributed by atoms with Crippen LogP contribution < -0.4 is 0 Å². The summed E-state index contributed by atoms with van der Waals surface area (Å²) in [4.78, 5) is 0. The molecule has 4 heteroatoms. The molecule has 4 nitrogen and oxygen atoms in total. The third-order valence-electron chi connectivity index (χ3n) is 2.38. The SMILES string of the molecule is CCc1cc(CC(O)COC)n(CC)n1. The van der Waals surface area contributed by atoms with Crippen molar-refractivity contribution in [2.24, 2.45) is 0 Å². The number of hydrogen-bond donors (Lipinski definition) is 1. The lowest BCUT2D eigenvalue weighted by Gasteiger charge is -2.09. The Balaban J connectivity index is 2.69.